The predicted octanol–water partition coefficient (Wildman–Crippen LogP) is 3.85. The number of halogens is 7. The van der Waals surface area contributed by atoms with Gasteiger partial charge in [-0.25, -0.2) is 4.39 Å². The molecule has 1 atom stereocenters. The summed E-state index contributed by atoms with van der Waals surface area (Å²) in [5, 5.41) is 19.8. The first-order valence-electron chi connectivity index (χ1n) is 5.54. The zero-order valence-electron chi connectivity index (χ0n) is 10.5. The fraction of sp³-hybridized carbons (Fsp3) is 0.455. The van der Waals surface area contributed by atoms with Crippen LogP contribution in [0.5, 0.6) is 0 Å². The molecule has 1 N–H and O–H groups in total. The Hall–Kier alpha value is -1.91. The Labute approximate surface area is 118 Å². The number of aliphatic hydroxyl groups is 1. The van der Waals surface area contributed by atoms with Gasteiger partial charge in [0, 0.05) is 18.6 Å². The highest BCUT2D eigenvalue weighted by molar-refractivity contribution is 5.34. The van der Waals surface area contributed by atoms with E-state index in [0.717, 1.165) is 24.3 Å². The lowest BCUT2D eigenvalue weighted by Crippen LogP contribution is -2.54. The van der Waals surface area contributed by atoms with Crippen LogP contribution in [0.25, 0.3) is 0 Å². The van der Waals surface area contributed by atoms with E-state index in [-0.39, 0.29) is 0 Å². The van der Waals surface area contributed by atoms with Gasteiger partial charge in [-0.1, -0.05) is 0 Å². The van der Waals surface area contributed by atoms with Gasteiger partial charge in [-0.05, 0) is 17.7 Å². The molecule has 1 rings (SSSR count). The summed E-state index contributed by atoms with van der Waals surface area (Å²) in [6.07, 6.45) is -17.3. The van der Waals surface area contributed by atoms with E-state index in [1.165, 1.54) is 0 Å². The summed E-state index contributed by atoms with van der Waals surface area (Å²) >= 11 is 0. The van der Waals surface area contributed by atoms with Crippen molar-refractivity contribution in [1.82, 2.24) is 0 Å². The zero-order valence-corrected chi connectivity index (χ0v) is 10.5. The normalized spacial score (nSPS) is 14.7. The summed E-state index contributed by atoms with van der Waals surface area (Å²) in [4.78, 5) is 9.50. The van der Waals surface area contributed by atoms with Crippen molar-refractivity contribution >= 4 is 5.69 Å². The van der Waals surface area contributed by atoms with E-state index in [0.29, 0.717) is 0 Å². The molecule has 0 heterocycles. The van der Waals surface area contributed by atoms with E-state index < -0.39 is 46.7 Å². The lowest BCUT2D eigenvalue weighted by molar-refractivity contribution is -0.384. The molecule has 0 aliphatic carbocycles. The molecule has 0 radical (unpaired) electrons. The van der Waals surface area contributed by atoms with Crippen molar-refractivity contribution in [3.63, 3.8) is 0 Å². The quantitative estimate of drug-likeness (QED) is 0.516. The van der Waals surface area contributed by atoms with Gasteiger partial charge in [0.25, 0.3) is 5.69 Å². The summed E-state index contributed by atoms with van der Waals surface area (Å²) < 4.78 is 87.5. The highest BCUT2D eigenvalue weighted by atomic mass is 19.4. The molecule has 0 aliphatic heterocycles. The van der Waals surface area contributed by atoms with Gasteiger partial charge in [-0.2, -0.15) is 26.3 Å². The number of nitrogens with zero attached hydrogens (tertiary/aromatic N) is 1. The van der Waals surface area contributed by atoms with Gasteiger partial charge in [0.05, 0.1) is 11.0 Å². The molecule has 11 heteroatoms. The van der Waals surface area contributed by atoms with E-state index >= 15 is 0 Å². The molecule has 0 aliphatic rings. The van der Waals surface area contributed by atoms with Crippen LogP contribution in [-0.2, 0) is 0 Å². The minimum atomic E-state index is -6.27. The van der Waals surface area contributed by atoms with E-state index in [1.54, 1.807) is 0 Å². The molecule has 1 aromatic rings. The molecule has 0 fully saturated rings. The molecule has 1 unspecified atom stereocenters. The van der Waals surface area contributed by atoms with Crippen molar-refractivity contribution in [3.05, 3.63) is 39.9 Å². The van der Waals surface area contributed by atoms with Gasteiger partial charge in [0.1, 0.15) is 0 Å². The van der Waals surface area contributed by atoms with Crippen LogP contribution in [0.3, 0.4) is 0 Å². The first kappa shape index (κ1) is 18.1. The Kier molecular flexibility index (Phi) is 4.70. The van der Waals surface area contributed by atoms with E-state index in [1.807, 2.05) is 0 Å². The first-order chi connectivity index (χ1) is 9.79. The second-order valence-electron chi connectivity index (χ2n) is 4.37. The Bertz CT molecular complexity index is 524. The third kappa shape index (κ3) is 3.46. The van der Waals surface area contributed by atoms with Crippen molar-refractivity contribution in [2.24, 2.45) is 0 Å². The van der Waals surface area contributed by atoms with Crippen molar-refractivity contribution in [1.29, 1.82) is 0 Å². The number of benzene rings is 1. The van der Waals surface area contributed by atoms with Gasteiger partial charge in [-0.15, -0.1) is 0 Å². The average molecular weight is 335 g/mol. The van der Waals surface area contributed by atoms with Gasteiger partial charge < -0.3 is 5.11 Å². The number of nitro groups is 1. The lowest BCUT2D eigenvalue weighted by Gasteiger charge is -2.31. The van der Waals surface area contributed by atoms with Gasteiger partial charge >= 0.3 is 18.0 Å². The maximum Gasteiger partial charge on any atom is 0.431 e. The topological polar surface area (TPSA) is 63.4 Å². The summed E-state index contributed by atoms with van der Waals surface area (Å²) in [6, 6.07) is 3.02. The number of rotatable bonds is 4. The summed E-state index contributed by atoms with van der Waals surface area (Å²) in [6.45, 7) is 0. The molecule has 124 valence electrons. The smallest absolute Gasteiger partial charge is 0.388 e. The Morgan fingerprint density at radius 3 is 1.73 bits per heavy atom. The van der Waals surface area contributed by atoms with Gasteiger partial charge in [0.2, 0.25) is 0 Å². The fourth-order valence-electron chi connectivity index (χ4n) is 1.59. The van der Waals surface area contributed by atoms with Gasteiger partial charge in [-0.3, -0.25) is 10.1 Å². The highest BCUT2D eigenvalue weighted by Gasteiger charge is 2.72. The summed E-state index contributed by atoms with van der Waals surface area (Å²) in [5.74, 6) is 0. The molecule has 0 bridgehead atoms. The fourth-order valence-corrected chi connectivity index (χ4v) is 1.59. The number of hydrogen-bond donors (Lipinski definition) is 1. The number of non-ortho nitro benzene ring substituents is 1. The Morgan fingerprint density at radius 2 is 1.41 bits per heavy atom. The van der Waals surface area contributed by atoms with Crippen LogP contribution in [-0.4, -0.2) is 28.1 Å². The van der Waals surface area contributed by atoms with Crippen molar-refractivity contribution < 1.29 is 40.8 Å². The van der Waals surface area contributed by atoms with Crippen LogP contribution < -0.4 is 0 Å². The molecular formula is C11H8F7NO3. The minimum Gasteiger partial charge on any atom is -0.388 e. The highest BCUT2D eigenvalue weighted by Crippen LogP contribution is 2.50. The minimum absolute atomic E-state index is 0.492. The van der Waals surface area contributed by atoms with E-state index in [9.17, 15) is 46.0 Å². The average Bonchev–Trinajstić information content (AvgIpc) is 2.36. The third-order valence-corrected chi connectivity index (χ3v) is 2.86. The maximum atomic E-state index is 13.4. The molecule has 0 saturated carbocycles. The standard InChI is InChI=1S/C11H8F7NO3/c12-9(10(13,14)15,11(16,17)18)5-8(20)6-1-3-7(4-2-6)19(21)22/h1-4,8,20H,5H2. The van der Waals surface area contributed by atoms with Crippen LogP contribution in [0.4, 0.5) is 36.4 Å². The summed E-state index contributed by atoms with van der Waals surface area (Å²) in [7, 11) is 0. The Balaban J connectivity index is 3.07. The number of alkyl halides is 7. The number of aliphatic hydroxyl groups excluding tert-OH is 1. The lowest BCUT2D eigenvalue weighted by atomic mass is 9.93. The predicted molar refractivity (Wildman–Crippen MR) is 58.6 cm³/mol. The van der Waals surface area contributed by atoms with Crippen LogP contribution >= 0.6 is 0 Å². The largest absolute Gasteiger partial charge is 0.431 e. The molecule has 0 aromatic heterocycles. The summed E-state index contributed by atoms with van der Waals surface area (Å²) in [5.41, 5.74) is -6.60. The van der Waals surface area contributed by atoms with Crippen LogP contribution in [0.1, 0.15) is 18.1 Å². The first-order valence-corrected chi connectivity index (χ1v) is 5.54. The van der Waals surface area contributed by atoms with Crippen LogP contribution in [0, 0.1) is 10.1 Å². The van der Waals surface area contributed by atoms with Crippen LogP contribution in [0.2, 0.25) is 0 Å². The van der Waals surface area contributed by atoms with E-state index in [4.69, 9.17) is 0 Å². The van der Waals surface area contributed by atoms with Crippen molar-refractivity contribution in [2.45, 2.75) is 30.5 Å². The molecule has 0 saturated heterocycles. The third-order valence-electron chi connectivity index (χ3n) is 2.86. The molecule has 1 aromatic carbocycles. The molecular weight excluding hydrogens is 327 g/mol. The van der Waals surface area contributed by atoms with Crippen LogP contribution in [0.15, 0.2) is 24.3 Å². The second kappa shape index (κ2) is 5.71. The number of hydrogen-bond acceptors (Lipinski definition) is 3. The monoisotopic (exact) mass is 335 g/mol. The van der Waals surface area contributed by atoms with Gasteiger partial charge in [0.15, 0.2) is 0 Å². The molecule has 0 spiro atoms. The van der Waals surface area contributed by atoms with Crippen molar-refractivity contribution in [2.75, 3.05) is 0 Å². The molecule has 4 nitrogen and oxygen atoms in total. The SMILES string of the molecule is O=[N+]([O-])c1ccc(C(O)CC(F)(C(F)(F)F)C(F)(F)F)cc1. The molecule has 22 heavy (non-hydrogen) atoms. The van der Waals surface area contributed by atoms with Crippen molar-refractivity contribution in [3.8, 4) is 0 Å². The second-order valence-corrected chi connectivity index (χ2v) is 4.37. The maximum absolute atomic E-state index is 13.4. The zero-order chi connectivity index (χ0) is 17.3. The van der Waals surface area contributed by atoms with E-state index in [2.05, 4.69) is 0 Å². The Morgan fingerprint density at radius 1 is 1.00 bits per heavy atom. The molecule has 0 amide bonds. The number of nitro benzene ring substituents is 1.